The summed E-state index contributed by atoms with van der Waals surface area (Å²) in [6.07, 6.45) is 0. The van der Waals surface area contributed by atoms with Gasteiger partial charge in [0.2, 0.25) is 0 Å². The van der Waals surface area contributed by atoms with Gasteiger partial charge >= 0.3 is 0 Å². The molecule has 3 rings (SSSR count). The zero-order valence-electron chi connectivity index (χ0n) is 11.1. The Kier molecular flexibility index (Phi) is 3.42. The summed E-state index contributed by atoms with van der Waals surface area (Å²) in [6, 6.07) is 9.90. The van der Waals surface area contributed by atoms with Gasteiger partial charge in [0.15, 0.2) is 5.82 Å². The molecule has 0 fully saturated rings. The molecular weight excluding hydrogens is 337 g/mol. The highest BCUT2D eigenvalue weighted by atomic mass is 79.9. The summed E-state index contributed by atoms with van der Waals surface area (Å²) in [5.74, 6) is 0.00340. The molecule has 0 atom stereocenters. The van der Waals surface area contributed by atoms with E-state index in [0.29, 0.717) is 17.1 Å². The van der Waals surface area contributed by atoms with Crippen LogP contribution >= 0.6 is 15.9 Å². The minimum Gasteiger partial charge on any atom is -0.398 e. The fourth-order valence-corrected chi connectivity index (χ4v) is 2.69. The number of aromatic nitrogens is 4. The number of anilines is 1. The summed E-state index contributed by atoms with van der Waals surface area (Å²) in [6.45, 7) is 1.97. The Morgan fingerprint density at radius 3 is 2.76 bits per heavy atom. The smallest absolute Gasteiger partial charge is 0.189 e. The number of tetrazole rings is 1. The lowest BCUT2D eigenvalue weighted by Crippen LogP contribution is -2.02. The SMILES string of the molecule is Cc1cc(Br)cc(-n2nnnc2-c2cc(F)ccc2N)c1. The van der Waals surface area contributed by atoms with Crippen LogP contribution in [0.3, 0.4) is 0 Å². The number of nitrogens with two attached hydrogens (primary N) is 1. The van der Waals surface area contributed by atoms with Gasteiger partial charge in [0.05, 0.1) is 5.69 Å². The van der Waals surface area contributed by atoms with Crippen LogP contribution in [-0.2, 0) is 0 Å². The second kappa shape index (κ2) is 5.25. The first-order valence-electron chi connectivity index (χ1n) is 6.16. The van der Waals surface area contributed by atoms with Crippen LogP contribution in [0.1, 0.15) is 5.56 Å². The lowest BCUT2D eigenvalue weighted by atomic mass is 10.1. The van der Waals surface area contributed by atoms with Crippen molar-refractivity contribution in [3.05, 3.63) is 52.3 Å². The van der Waals surface area contributed by atoms with E-state index < -0.39 is 0 Å². The van der Waals surface area contributed by atoms with Crippen LogP contribution < -0.4 is 5.73 Å². The van der Waals surface area contributed by atoms with E-state index in [1.807, 2.05) is 25.1 Å². The largest absolute Gasteiger partial charge is 0.398 e. The Labute approximate surface area is 128 Å². The maximum atomic E-state index is 13.5. The van der Waals surface area contributed by atoms with Crippen LogP contribution in [0, 0.1) is 12.7 Å². The number of hydrogen-bond acceptors (Lipinski definition) is 4. The highest BCUT2D eigenvalue weighted by Crippen LogP contribution is 2.27. The van der Waals surface area contributed by atoms with Crippen molar-refractivity contribution in [1.29, 1.82) is 0 Å². The van der Waals surface area contributed by atoms with Crippen molar-refractivity contribution < 1.29 is 4.39 Å². The van der Waals surface area contributed by atoms with Crippen LogP contribution in [0.5, 0.6) is 0 Å². The lowest BCUT2D eigenvalue weighted by Gasteiger charge is -2.08. The number of nitrogens with zero attached hydrogens (tertiary/aromatic N) is 4. The number of rotatable bonds is 2. The second-order valence-electron chi connectivity index (χ2n) is 4.63. The van der Waals surface area contributed by atoms with Crippen molar-refractivity contribution >= 4 is 21.6 Å². The quantitative estimate of drug-likeness (QED) is 0.723. The fourth-order valence-electron chi connectivity index (χ4n) is 2.09. The average molecular weight is 348 g/mol. The fraction of sp³-hybridized carbons (Fsp3) is 0.0714. The number of halogens is 2. The number of hydrogen-bond donors (Lipinski definition) is 1. The highest BCUT2D eigenvalue weighted by molar-refractivity contribution is 9.10. The summed E-state index contributed by atoms with van der Waals surface area (Å²) in [4.78, 5) is 0. The molecule has 2 aromatic carbocycles. The first-order valence-corrected chi connectivity index (χ1v) is 6.95. The van der Waals surface area contributed by atoms with Gasteiger partial charge in [-0.25, -0.2) is 4.39 Å². The minimum atomic E-state index is -0.390. The van der Waals surface area contributed by atoms with Gasteiger partial charge in [0.25, 0.3) is 0 Å². The maximum absolute atomic E-state index is 13.5. The molecule has 21 heavy (non-hydrogen) atoms. The van der Waals surface area contributed by atoms with Gasteiger partial charge in [-0.15, -0.1) is 5.10 Å². The predicted octanol–water partition coefficient (Wildman–Crippen LogP) is 3.12. The summed E-state index contributed by atoms with van der Waals surface area (Å²) in [7, 11) is 0. The van der Waals surface area contributed by atoms with Crippen LogP contribution in [-0.4, -0.2) is 20.2 Å². The normalized spacial score (nSPS) is 10.8. The molecule has 0 saturated heterocycles. The van der Waals surface area contributed by atoms with Gasteiger partial charge in [-0.1, -0.05) is 15.9 Å². The van der Waals surface area contributed by atoms with Crippen LogP contribution in [0.25, 0.3) is 17.1 Å². The summed E-state index contributed by atoms with van der Waals surface area (Å²) in [5.41, 5.74) is 8.59. The van der Waals surface area contributed by atoms with Crippen LogP contribution in [0.2, 0.25) is 0 Å². The number of nitrogen functional groups attached to an aromatic ring is 1. The topological polar surface area (TPSA) is 69.6 Å². The highest BCUT2D eigenvalue weighted by Gasteiger charge is 2.15. The molecule has 106 valence electrons. The van der Waals surface area contributed by atoms with E-state index >= 15 is 0 Å². The predicted molar refractivity (Wildman–Crippen MR) is 81.4 cm³/mol. The van der Waals surface area contributed by atoms with Gasteiger partial charge in [-0.3, -0.25) is 0 Å². The molecule has 1 heterocycles. The Balaban J connectivity index is 2.19. The standard InChI is InChI=1S/C14H11BrFN5/c1-8-4-9(15)6-11(5-8)21-14(18-19-20-21)12-7-10(16)2-3-13(12)17/h2-7H,17H2,1H3. The third kappa shape index (κ3) is 2.64. The molecule has 0 amide bonds. The van der Waals surface area contributed by atoms with Crippen molar-refractivity contribution in [2.24, 2.45) is 0 Å². The molecule has 7 heteroatoms. The van der Waals surface area contributed by atoms with Crippen LogP contribution in [0.15, 0.2) is 40.9 Å². The third-order valence-corrected chi connectivity index (χ3v) is 3.46. The molecule has 0 aliphatic rings. The molecule has 0 unspecified atom stereocenters. The third-order valence-electron chi connectivity index (χ3n) is 3.00. The van der Waals surface area contributed by atoms with Crippen molar-refractivity contribution in [2.75, 3.05) is 5.73 Å². The molecule has 3 aromatic rings. The summed E-state index contributed by atoms with van der Waals surface area (Å²) >= 11 is 3.44. The van der Waals surface area contributed by atoms with E-state index in [2.05, 4.69) is 31.5 Å². The lowest BCUT2D eigenvalue weighted by molar-refractivity contribution is 0.628. The first-order chi connectivity index (χ1) is 10.0. The van der Waals surface area contributed by atoms with Crippen molar-refractivity contribution in [3.8, 4) is 17.1 Å². The van der Waals surface area contributed by atoms with Gasteiger partial charge in [0.1, 0.15) is 5.82 Å². The Bertz CT molecular complexity index is 795. The molecule has 0 aliphatic carbocycles. The van der Waals surface area contributed by atoms with Gasteiger partial charge < -0.3 is 5.73 Å². The molecular formula is C14H11BrFN5. The Morgan fingerprint density at radius 1 is 1.19 bits per heavy atom. The van der Waals surface area contributed by atoms with E-state index in [1.54, 1.807) is 0 Å². The first kappa shape index (κ1) is 13.7. The van der Waals surface area contributed by atoms with Gasteiger partial charge in [-0.05, 0) is 59.3 Å². The van der Waals surface area contributed by atoms with Gasteiger partial charge in [-0.2, -0.15) is 4.68 Å². The molecule has 0 radical (unpaired) electrons. The second-order valence-corrected chi connectivity index (χ2v) is 5.55. The molecule has 2 N–H and O–H groups in total. The summed E-state index contributed by atoms with van der Waals surface area (Å²) < 4.78 is 15.9. The zero-order valence-corrected chi connectivity index (χ0v) is 12.7. The van der Waals surface area contributed by atoms with E-state index in [4.69, 9.17) is 5.73 Å². The van der Waals surface area contributed by atoms with Crippen LogP contribution in [0.4, 0.5) is 10.1 Å². The van der Waals surface area contributed by atoms with E-state index in [9.17, 15) is 4.39 Å². The molecule has 0 spiro atoms. The van der Waals surface area contributed by atoms with E-state index in [1.165, 1.54) is 22.9 Å². The average Bonchev–Trinajstić information content (AvgIpc) is 2.89. The zero-order chi connectivity index (χ0) is 15.0. The minimum absolute atomic E-state index is 0.390. The van der Waals surface area contributed by atoms with Crippen molar-refractivity contribution in [1.82, 2.24) is 20.2 Å². The Morgan fingerprint density at radius 2 is 2.00 bits per heavy atom. The Hall–Kier alpha value is -2.28. The number of benzene rings is 2. The molecule has 0 bridgehead atoms. The van der Waals surface area contributed by atoms with Crippen molar-refractivity contribution in [3.63, 3.8) is 0 Å². The number of aryl methyl sites for hydroxylation is 1. The van der Waals surface area contributed by atoms with E-state index in [0.717, 1.165) is 15.7 Å². The molecule has 5 nitrogen and oxygen atoms in total. The van der Waals surface area contributed by atoms with Gasteiger partial charge in [0, 0.05) is 15.7 Å². The maximum Gasteiger partial charge on any atom is 0.189 e. The molecule has 0 saturated carbocycles. The van der Waals surface area contributed by atoms with E-state index in [-0.39, 0.29) is 5.82 Å². The monoisotopic (exact) mass is 347 g/mol. The van der Waals surface area contributed by atoms with Crippen molar-refractivity contribution in [2.45, 2.75) is 6.92 Å². The molecule has 1 aromatic heterocycles. The summed E-state index contributed by atoms with van der Waals surface area (Å²) in [5, 5.41) is 11.6. The molecule has 0 aliphatic heterocycles.